The maximum absolute atomic E-state index is 14.3. The summed E-state index contributed by atoms with van der Waals surface area (Å²) < 4.78 is 11.6. The predicted molar refractivity (Wildman–Crippen MR) is 180 cm³/mol. The second-order valence-corrected chi connectivity index (χ2v) is 14.0. The largest absolute Gasteiger partial charge is 0.448 e. The summed E-state index contributed by atoms with van der Waals surface area (Å²) in [5.41, 5.74) is 1.87. The lowest BCUT2D eigenvalue weighted by atomic mass is 10.0. The molecule has 0 saturated carbocycles. The van der Waals surface area contributed by atoms with Gasteiger partial charge < -0.3 is 14.8 Å². The van der Waals surface area contributed by atoms with E-state index in [1.54, 1.807) is 51.2 Å². The van der Waals surface area contributed by atoms with Crippen molar-refractivity contribution in [2.75, 3.05) is 11.1 Å². The smallest absolute Gasteiger partial charge is 0.408 e. The summed E-state index contributed by atoms with van der Waals surface area (Å²) in [6.45, 7) is 5.21. The fourth-order valence-corrected chi connectivity index (χ4v) is 7.52. The molecular formula is C35H32N4O6S2. The Morgan fingerprint density at radius 1 is 0.915 bits per heavy atom. The van der Waals surface area contributed by atoms with Gasteiger partial charge in [-0.15, -0.1) is 11.8 Å². The molecule has 0 spiro atoms. The van der Waals surface area contributed by atoms with Gasteiger partial charge in [-0.2, -0.15) is 0 Å². The Labute approximate surface area is 280 Å². The highest BCUT2D eigenvalue weighted by Gasteiger charge is 2.55. The molecule has 2 N–H and O–H groups in total. The first-order valence-electron chi connectivity index (χ1n) is 14.9. The molecule has 10 nitrogen and oxygen atoms in total. The minimum atomic E-state index is -0.888. The number of nitrogens with zero attached hydrogens (tertiary/aromatic N) is 2. The van der Waals surface area contributed by atoms with Crippen LogP contribution in [0.3, 0.4) is 0 Å². The number of anilines is 1. The first-order chi connectivity index (χ1) is 22.6. The van der Waals surface area contributed by atoms with E-state index in [1.165, 1.54) is 28.0 Å². The molecule has 1 saturated heterocycles. The maximum atomic E-state index is 14.3. The molecule has 6 rings (SSSR count). The van der Waals surface area contributed by atoms with Gasteiger partial charge in [0.15, 0.2) is 11.2 Å². The van der Waals surface area contributed by atoms with E-state index < -0.39 is 41.1 Å². The number of ether oxygens (including phenoxy) is 2. The number of carbonyl (C=O) groups excluding carboxylic acids is 4. The number of rotatable bonds is 8. The first kappa shape index (κ1) is 32.0. The summed E-state index contributed by atoms with van der Waals surface area (Å²) in [6, 6.07) is 26.6. The van der Waals surface area contributed by atoms with Crippen LogP contribution in [0.1, 0.15) is 53.2 Å². The summed E-state index contributed by atoms with van der Waals surface area (Å²) in [6.07, 6.45) is 0.104. The average Bonchev–Trinajstić information content (AvgIpc) is 3.53. The monoisotopic (exact) mass is 668 g/mol. The van der Waals surface area contributed by atoms with E-state index in [4.69, 9.17) is 9.47 Å². The molecule has 3 heterocycles. The van der Waals surface area contributed by atoms with Crippen molar-refractivity contribution in [3.63, 3.8) is 0 Å². The third-order valence-corrected chi connectivity index (χ3v) is 9.58. The highest BCUT2D eigenvalue weighted by atomic mass is 32.2. The molecule has 1 aromatic heterocycles. The number of thioether (sulfide) groups is 1. The van der Waals surface area contributed by atoms with E-state index >= 15 is 0 Å². The lowest BCUT2D eigenvalue weighted by Gasteiger charge is -2.49. The number of thiazole rings is 1. The number of amides is 3. The van der Waals surface area contributed by atoms with E-state index in [0.717, 1.165) is 11.1 Å². The van der Waals surface area contributed by atoms with Gasteiger partial charge in [0.25, 0.3) is 11.8 Å². The van der Waals surface area contributed by atoms with Crippen LogP contribution in [0.5, 0.6) is 0 Å². The normalized spacial score (nSPS) is 17.4. The Kier molecular flexibility index (Phi) is 9.15. The number of hydrogen-bond donors (Lipinski definition) is 2. The fourth-order valence-electron chi connectivity index (χ4n) is 5.21. The second-order valence-electron chi connectivity index (χ2n) is 11.8. The van der Waals surface area contributed by atoms with Crippen molar-refractivity contribution in [2.24, 2.45) is 0 Å². The summed E-state index contributed by atoms with van der Waals surface area (Å²) >= 11 is 2.59. The van der Waals surface area contributed by atoms with Crippen molar-refractivity contribution in [1.82, 2.24) is 15.2 Å². The minimum Gasteiger partial charge on any atom is -0.448 e. The molecule has 2 unspecified atom stereocenters. The van der Waals surface area contributed by atoms with Gasteiger partial charge in [0.2, 0.25) is 0 Å². The van der Waals surface area contributed by atoms with Gasteiger partial charge in [-0.1, -0.05) is 90.2 Å². The Hall–Kier alpha value is -4.94. The molecule has 47 heavy (non-hydrogen) atoms. The van der Waals surface area contributed by atoms with E-state index in [1.807, 2.05) is 66.7 Å². The number of esters is 1. The van der Waals surface area contributed by atoms with Gasteiger partial charge in [0.05, 0.1) is 4.88 Å². The molecule has 1 fully saturated rings. The predicted octanol–water partition coefficient (Wildman–Crippen LogP) is 6.25. The molecule has 2 atom stereocenters. The first-order valence-corrected chi connectivity index (χ1v) is 16.8. The Morgan fingerprint density at radius 2 is 1.51 bits per heavy atom. The SMILES string of the molecule is CC(C)(C)OC(=O)NC1C(=O)N2C(C(=O)OC(c3ccccc3)c3ccccc3)=C(c3cnc(NC(=O)c4ccccc4)s3)CSC12. The zero-order valence-electron chi connectivity index (χ0n) is 25.8. The number of fused-ring (bicyclic) bond motifs is 1. The van der Waals surface area contributed by atoms with E-state index in [0.29, 0.717) is 26.9 Å². The van der Waals surface area contributed by atoms with Gasteiger partial charge in [-0.25, -0.2) is 14.6 Å². The zero-order chi connectivity index (χ0) is 33.1. The zero-order valence-corrected chi connectivity index (χ0v) is 27.5. The third kappa shape index (κ3) is 7.08. The molecule has 0 aliphatic carbocycles. The third-order valence-electron chi connectivity index (χ3n) is 7.32. The van der Waals surface area contributed by atoms with Crippen molar-refractivity contribution in [2.45, 2.75) is 43.9 Å². The Morgan fingerprint density at radius 3 is 2.11 bits per heavy atom. The molecule has 12 heteroatoms. The van der Waals surface area contributed by atoms with Crippen LogP contribution in [-0.2, 0) is 19.1 Å². The topological polar surface area (TPSA) is 127 Å². The molecule has 2 aliphatic heterocycles. The number of benzene rings is 3. The van der Waals surface area contributed by atoms with Crippen molar-refractivity contribution in [1.29, 1.82) is 0 Å². The number of alkyl carbamates (subject to hydrolysis) is 1. The second kappa shape index (κ2) is 13.4. The molecule has 4 aromatic rings. The van der Waals surface area contributed by atoms with Gasteiger partial charge in [-0.3, -0.25) is 19.8 Å². The van der Waals surface area contributed by atoms with Crippen LogP contribution < -0.4 is 10.6 Å². The fraction of sp³-hybridized carbons (Fsp3) is 0.229. The van der Waals surface area contributed by atoms with Gasteiger partial charge in [0, 0.05) is 23.1 Å². The van der Waals surface area contributed by atoms with E-state index in [-0.39, 0.29) is 11.6 Å². The van der Waals surface area contributed by atoms with Crippen molar-refractivity contribution in [3.05, 3.63) is 124 Å². The number of aromatic nitrogens is 1. The lowest BCUT2D eigenvalue weighted by Crippen LogP contribution is -2.70. The summed E-state index contributed by atoms with van der Waals surface area (Å²) in [7, 11) is 0. The van der Waals surface area contributed by atoms with Crippen molar-refractivity contribution >= 4 is 57.7 Å². The Bertz CT molecular complexity index is 1780. The van der Waals surface area contributed by atoms with Crippen LogP contribution in [0, 0.1) is 0 Å². The van der Waals surface area contributed by atoms with E-state index in [9.17, 15) is 19.2 Å². The number of carbonyl (C=O) groups is 4. The summed E-state index contributed by atoms with van der Waals surface area (Å²) in [4.78, 5) is 59.7. The minimum absolute atomic E-state index is 0.0717. The standard InChI is InChI=1S/C35H32N4O6S2/c1-35(2,3)45-34(43)37-26-30(41)39-27(32(42)44-28(21-13-7-4-8-14-21)22-15-9-5-10-16-22)24(20-46-31(26)39)25-19-36-33(47-25)38-29(40)23-17-11-6-12-18-23/h4-19,26,28,31H,20H2,1-3H3,(H,37,43)(H,36,38,40). The molecule has 240 valence electrons. The van der Waals surface area contributed by atoms with Crippen LogP contribution in [0.2, 0.25) is 0 Å². The quantitative estimate of drug-likeness (QED) is 0.167. The van der Waals surface area contributed by atoms with Crippen molar-refractivity contribution < 1.29 is 28.7 Å². The Balaban J connectivity index is 1.33. The summed E-state index contributed by atoms with van der Waals surface area (Å²) in [5, 5.41) is 5.26. The number of hydrogen-bond acceptors (Lipinski definition) is 9. The van der Waals surface area contributed by atoms with Crippen LogP contribution in [0.15, 0.2) is 103 Å². The average molecular weight is 669 g/mol. The van der Waals surface area contributed by atoms with Crippen LogP contribution in [-0.4, -0.2) is 56.5 Å². The van der Waals surface area contributed by atoms with Crippen LogP contribution >= 0.6 is 23.1 Å². The van der Waals surface area contributed by atoms with Gasteiger partial charge in [-0.05, 0) is 44.0 Å². The van der Waals surface area contributed by atoms with Crippen molar-refractivity contribution in [3.8, 4) is 0 Å². The van der Waals surface area contributed by atoms with Gasteiger partial charge in [0.1, 0.15) is 22.7 Å². The van der Waals surface area contributed by atoms with Crippen LogP contribution in [0.25, 0.3) is 5.57 Å². The molecule has 3 aromatic carbocycles. The molecule has 0 radical (unpaired) electrons. The lowest BCUT2D eigenvalue weighted by molar-refractivity contribution is -0.153. The highest BCUT2D eigenvalue weighted by Crippen LogP contribution is 2.45. The highest BCUT2D eigenvalue weighted by molar-refractivity contribution is 8.00. The number of β-lactam (4-membered cyclic amide) rings is 1. The van der Waals surface area contributed by atoms with E-state index in [2.05, 4.69) is 15.6 Å². The number of nitrogens with one attached hydrogen (secondary N) is 2. The van der Waals surface area contributed by atoms with Gasteiger partial charge >= 0.3 is 12.1 Å². The molecule has 0 bridgehead atoms. The van der Waals surface area contributed by atoms with Crippen LogP contribution in [0.4, 0.5) is 9.93 Å². The molecule has 2 aliphatic rings. The molecule has 3 amide bonds. The maximum Gasteiger partial charge on any atom is 0.408 e. The molecular weight excluding hydrogens is 637 g/mol. The summed E-state index contributed by atoms with van der Waals surface area (Å²) in [5.74, 6) is -1.16.